The van der Waals surface area contributed by atoms with E-state index in [1.807, 2.05) is 40.2 Å². The summed E-state index contributed by atoms with van der Waals surface area (Å²) in [6.45, 7) is 5.25. The second kappa shape index (κ2) is 8.28. The van der Waals surface area contributed by atoms with E-state index in [1.54, 1.807) is 18.3 Å². The molecule has 0 unspecified atom stereocenters. The Morgan fingerprint density at radius 1 is 1.00 bits per heavy atom. The zero-order valence-electron chi connectivity index (χ0n) is 15.0. The molecule has 1 aromatic carbocycles. The fraction of sp³-hybridized carbons (Fsp3) is 0.300. The molecule has 0 radical (unpaired) electrons. The monoisotopic (exact) mass is 367 g/mol. The molecule has 3 aromatic rings. The van der Waals surface area contributed by atoms with Crippen molar-refractivity contribution in [3.05, 3.63) is 66.9 Å². The Morgan fingerprint density at radius 3 is 2.56 bits per heavy atom. The number of halogens is 1. The van der Waals surface area contributed by atoms with Gasteiger partial charge in [-0.05, 0) is 36.4 Å². The average molecular weight is 367 g/mol. The molecular weight excluding hydrogens is 345 g/mol. The maximum Gasteiger partial charge on any atom is 0.137 e. The number of pyridine rings is 1. The highest BCUT2D eigenvalue weighted by Gasteiger charge is 2.16. The van der Waals surface area contributed by atoms with E-state index in [2.05, 4.69) is 15.0 Å². The van der Waals surface area contributed by atoms with Crippen LogP contribution in [0.2, 0.25) is 0 Å². The van der Waals surface area contributed by atoms with Gasteiger partial charge in [0, 0.05) is 37.7 Å². The predicted octanol–water partition coefficient (Wildman–Crippen LogP) is 3.22. The molecular formula is C20H22FN5O. The van der Waals surface area contributed by atoms with Crippen LogP contribution < -0.4 is 4.90 Å². The highest BCUT2D eigenvalue weighted by molar-refractivity contribution is 5.73. The van der Waals surface area contributed by atoms with Crippen molar-refractivity contribution < 1.29 is 9.13 Å². The molecule has 0 saturated carbocycles. The first-order valence-corrected chi connectivity index (χ1v) is 9.09. The minimum absolute atomic E-state index is 0.263. The first-order valence-electron chi connectivity index (χ1n) is 9.09. The lowest BCUT2D eigenvalue weighted by atomic mass is 10.2. The highest BCUT2D eigenvalue weighted by atomic mass is 19.1. The van der Waals surface area contributed by atoms with Crippen molar-refractivity contribution in [3.63, 3.8) is 0 Å². The van der Waals surface area contributed by atoms with Crippen LogP contribution in [0.3, 0.4) is 0 Å². The number of hydrogen-bond acceptors (Lipinski definition) is 5. The molecule has 0 amide bonds. The molecule has 140 valence electrons. The Balaban J connectivity index is 1.55. The normalized spacial score (nSPS) is 15.0. The van der Waals surface area contributed by atoms with Crippen molar-refractivity contribution in [1.29, 1.82) is 0 Å². The quantitative estimate of drug-likeness (QED) is 0.669. The van der Waals surface area contributed by atoms with Gasteiger partial charge in [0.05, 0.1) is 31.6 Å². The molecule has 0 N–H and O–H groups in total. The van der Waals surface area contributed by atoms with Crippen LogP contribution in [0.1, 0.15) is 0 Å². The lowest BCUT2D eigenvalue weighted by Crippen LogP contribution is -2.38. The second-order valence-corrected chi connectivity index (χ2v) is 6.42. The number of anilines is 3. The van der Waals surface area contributed by atoms with E-state index in [9.17, 15) is 4.39 Å². The van der Waals surface area contributed by atoms with Crippen LogP contribution in [0, 0.1) is 5.82 Å². The van der Waals surface area contributed by atoms with Gasteiger partial charge in [-0.1, -0.05) is 6.07 Å². The maximum absolute atomic E-state index is 13.4. The fourth-order valence-corrected chi connectivity index (χ4v) is 3.15. The summed E-state index contributed by atoms with van der Waals surface area (Å²) in [4.78, 5) is 8.80. The number of morpholine rings is 1. The van der Waals surface area contributed by atoms with E-state index in [0.717, 1.165) is 56.6 Å². The van der Waals surface area contributed by atoms with Crippen molar-refractivity contribution in [3.8, 4) is 0 Å². The Kier molecular flexibility index (Phi) is 5.41. The highest BCUT2D eigenvalue weighted by Crippen LogP contribution is 2.32. The third kappa shape index (κ3) is 4.32. The standard InChI is InChI=1S/C20H22FN5O/c21-17-4-6-18(7-5-17)26(20-3-1-2-8-22-20)19-15-23-25(16-19)10-9-24-11-13-27-14-12-24/h1-8,15-16H,9-14H2. The van der Waals surface area contributed by atoms with Gasteiger partial charge in [-0.15, -0.1) is 0 Å². The minimum Gasteiger partial charge on any atom is -0.379 e. The summed E-state index contributed by atoms with van der Waals surface area (Å²) >= 11 is 0. The number of nitrogens with zero attached hydrogens (tertiary/aromatic N) is 5. The molecule has 1 fully saturated rings. The van der Waals surface area contributed by atoms with Crippen molar-refractivity contribution in [2.45, 2.75) is 6.54 Å². The predicted molar refractivity (Wildman–Crippen MR) is 102 cm³/mol. The summed E-state index contributed by atoms with van der Waals surface area (Å²) in [5.41, 5.74) is 1.73. The van der Waals surface area contributed by atoms with E-state index in [-0.39, 0.29) is 5.82 Å². The first-order chi connectivity index (χ1) is 13.3. The zero-order valence-corrected chi connectivity index (χ0v) is 15.0. The smallest absolute Gasteiger partial charge is 0.137 e. The fourth-order valence-electron chi connectivity index (χ4n) is 3.15. The molecule has 7 heteroatoms. The molecule has 0 bridgehead atoms. The zero-order chi connectivity index (χ0) is 18.5. The lowest BCUT2D eigenvalue weighted by molar-refractivity contribution is 0.0360. The van der Waals surface area contributed by atoms with Gasteiger partial charge >= 0.3 is 0 Å². The first kappa shape index (κ1) is 17.6. The summed E-state index contributed by atoms with van der Waals surface area (Å²) in [6, 6.07) is 12.1. The third-order valence-electron chi connectivity index (χ3n) is 4.59. The number of aromatic nitrogens is 3. The molecule has 1 aliphatic heterocycles. The number of ether oxygens (including phenoxy) is 1. The van der Waals surface area contributed by atoms with Crippen LogP contribution in [0.5, 0.6) is 0 Å². The summed E-state index contributed by atoms with van der Waals surface area (Å²) < 4.78 is 20.7. The molecule has 0 aliphatic carbocycles. The average Bonchev–Trinajstić information content (AvgIpc) is 3.18. The molecule has 3 heterocycles. The second-order valence-electron chi connectivity index (χ2n) is 6.42. The van der Waals surface area contributed by atoms with Gasteiger partial charge in [0.15, 0.2) is 0 Å². The van der Waals surface area contributed by atoms with Crippen molar-refractivity contribution in [1.82, 2.24) is 19.7 Å². The Morgan fingerprint density at radius 2 is 1.81 bits per heavy atom. The Labute approximate surface area is 157 Å². The number of hydrogen-bond donors (Lipinski definition) is 0. The Hall–Kier alpha value is -2.77. The summed E-state index contributed by atoms with van der Waals surface area (Å²) in [6.07, 6.45) is 5.56. The van der Waals surface area contributed by atoms with Crippen molar-refractivity contribution in [2.24, 2.45) is 0 Å². The summed E-state index contributed by atoms with van der Waals surface area (Å²) in [7, 11) is 0. The summed E-state index contributed by atoms with van der Waals surface area (Å²) in [5, 5.41) is 4.51. The van der Waals surface area contributed by atoms with Crippen LogP contribution in [0.15, 0.2) is 61.1 Å². The van der Waals surface area contributed by atoms with Crippen LogP contribution in [-0.4, -0.2) is 52.5 Å². The minimum atomic E-state index is -0.263. The number of rotatable bonds is 6. The molecule has 27 heavy (non-hydrogen) atoms. The van der Waals surface area contributed by atoms with Crippen LogP contribution >= 0.6 is 0 Å². The molecule has 2 aromatic heterocycles. The summed E-state index contributed by atoms with van der Waals surface area (Å²) in [5.74, 6) is 0.498. The molecule has 1 saturated heterocycles. The Bertz CT molecular complexity index is 846. The van der Waals surface area contributed by atoms with Gasteiger partial charge in [-0.25, -0.2) is 9.37 Å². The van der Waals surface area contributed by atoms with Gasteiger partial charge in [0.25, 0.3) is 0 Å². The molecule has 6 nitrogen and oxygen atoms in total. The van der Waals surface area contributed by atoms with E-state index >= 15 is 0 Å². The molecule has 0 atom stereocenters. The van der Waals surface area contributed by atoms with E-state index in [1.165, 1.54) is 12.1 Å². The van der Waals surface area contributed by atoms with E-state index in [4.69, 9.17) is 4.74 Å². The lowest BCUT2D eigenvalue weighted by Gasteiger charge is -2.26. The SMILES string of the molecule is Fc1ccc(N(c2cnn(CCN3CCOCC3)c2)c2ccccn2)cc1. The van der Waals surface area contributed by atoms with Gasteiger partial charge in [-0.3, -0.25) is 14.5 Å². The van der Waals surface area contributed by atoms with Gasteiger partial charge in [0.1, 0.15) is 11.6 Å². The topological polar surface area (TPSA) is 46.4 Å². The van der Waals surface area contributed by atoms with Crippen LogP contribution in [0.4, 0.5) is 21.6 Å². The van der Waals surface area contributed by atoms with Gasteiger partial charge < -0.3 is 4.74 Å². The van der Waals surface area contributed by atoms with Crippen LogP contribution in [-0.2, 0) is 11.3 Å². The van der Waals surface area contributed by atoms with Crippen molar-refractivity contribution in [2.75, 3.05) is 37.7 Å². The molecule has 4 rings (SSSR count). The van der Waals surface area contributed by atoms with Gasteiger partial charge in [-0.2, -0.15) is 5.10 Å². The molecule has 1 aliphatic rings. The third-order valence-corrected chi connectivity index (χ3v) is 4.59. The molecule has 0 spiro atoms. The largest absolute Gasteiger partial charge is 0.379 e. The number of benzene rings is 1. The van der Waals surface area contributed by atoms with Crippen molar-refractivity contribution >= 4 is 17.2 Å². The van der Waals surface area contributed by atoms with Gasteiger partial charge in [0.2, 0.25) is 0 Å². The van der Waals surface area contributed by atoms with Crippen LogP contribution in [0.25, 0.3) is 0 Å². The maximum atomic E-state index is 13.4. The van der Waals surface area contributed by atoms with E-state index in [0.29, 0.717) is 0 Å². The van der Waals surface area contributed by atoms with E-state index < -0.39 is 0 Å².